The van der Waals surface area contributed by atoms with Crippen LogP contribution in [0.2, 0.25) is 0 Å². The fourth-order valence-corrected chi connectivity index (χ4v) is 3.00. The second-order valence-corrected chi connectivity index (χ2v) is 6.78. The van der Waals surface area contributed by atoms with Gasteiger partial charge in [-0.1, -0.05) is 35.5 Å². The summed E-state index contributed by atoms with van der Waals surface area (Å²) in [5.74, 6) is 1.49. The van der Waals surface area contributed by atoms with Crippen molar-refractivity contribution in [3.05, 3.63) is 58.2 Å². The summed E-state index contributed by atoms with van der Waals surface area (Å²) in [6.45, 7) is 5.97. The third-order valence-electron chi connectivity index (χ3n) is 3.44. The van der Waals surface area contributed by atoms with Gasteiger partial charge in [0.05, 0.1) is 13.1 Å². The summed E-state index contributed by atoms with van der Waals surface area (Å²) >= 11 is 1.68. The van der Waals surface area contributed by atoms with Gasteiger partial charge in [-0.2, -0.15) is 0 Å². The quantitative estimate of drug-likeness (QED) is 0.524. The zero-order valence-corrected chi connectivity index (χ0v) is 15.1. The van der Waals surface area contributed by atoms with Gasteiger partial charge in [0.2, 0.25) is 0 Å². The first-order chi connectivity index (χ1) is 12.2. The maximum Gasteiger partial charge on any atom is 0.191 e. The van der Waals surface area contributed by atoms with Crippen LogP contribution in [0.1, 0.15) is 22.5 Å². The summed E-state index contributed by atoms with van der Waals surface area (Å²) in [6.07, 6.45) is 1.88. The number of hydrogen-bond acceptors (Lipinski definition) is 5. The van der Waals surface area contributed by atoms with Crippen LogP contribution in [0, 0.1) is 6.92 Å². The van der Waals surface area contributed by atoms with Crippen molar-refractivity contribution < 1.29 is 4.52 Å². The minimum absolute atomic E-state index is 0.447. The Bertz CT molecular complexity index is 825. The van der Waals surface area contributed by atoms with Crippen molar-refractivity contribution in [2.45, 2.75) is 26.9 Å². The van der Waals surface area contributed by atoms with Crippen LogP contribution >= 0.6 is 11.3 Å². The average Bonchev–Trinajstić information content (AvgIpc) is 3.27. The third kappa shape index (κ3) is 4.90. The SMILES string of the molecule is CCNC(=NCc1cc(-c2ccccc2)on1)NCc1ncc(C)s1. The zero-order valence-electron chi connectivity index (χ0n) is 14.3. The van der Waals surface area contributed by atoms with Gasteiger partial charge >= 0.3 is 0 Å². The van der Waals surface area contributed by atoms with Gasteiger partial charge < -0.3 is 15.2 Å². The molecule has 3 aromatic rings. The molecule has 0 bridgehead atoms. The van der Waals surface area contributed by atoms with Gasteiger partial charge in [-0.05, 0) is 13.8 Å². The number of aryl methyl sites for hydroxylation is 1. The third-order valence-corrected chi connectivity index (χ3v) is 4.35. The van der Waals surface area contributed by atoms with Gasteiger partial charge in [-0.15, -0.1) is 11.3 Å². The molecule has 0 amide bonds. The Morgan fingerprint density at radius 3 is 2.80 bits per heavy atom. The van der Waals surface area contributed by atoms with Crippen molar-refractivity contribution in [3.8, 4) is 11.3 Å². The topological polar surface area (TPSA) is 75.3 Å². The standard InChI is InChI=1S/C18H21N5OS/c1-3-19-18(22-12-17-20-10-13(2)25-17)21-11-15-9-16(24-23-15)14-7-5-4-6-8-14/h4-10H,3,11-12H2,1-2H3,(H2,19,21,22). The Kier molecular flexibility index (Phi) is 5.79. The van der Waals surface area contributed by atoms with E-state index in [0.717, 1.165) is 34.5 Å². The lowest BCUT2D eigenvalue weighted by atomic mass is 10.2. The summed E-state index contributed by atoms with van der Waals surface area (Å²) < 4.78 is 5.41. The minimum atomic E-state index is 0.447. The van der Waals surface area contributed by atoms with Crippen LogP contribution in [-0.4, -0.2) is 22.6 Å². The van der Waals surface area contributed by atoms with Crippen molar-refractivity contribution in [1.29, 1.82) is 0 Å². The molecular formula is C18H21N5OS. The molecule has 2 heterocycles. The number of aliphatic imine (C=N–C) groups is 1. The van der Waals surface area contributed by atoms with E-state index < -0.39 is 0 Å². The van der Waals surface area contributed by atoms with Crippen LogP contribution in [0.15, 0.2) is 52.1 Å². The van der Waals surface area contributed by atoms with Gasteiger partial charge in [0.15, 0.2) is 11.7 Å². The van der Waals surface area contributed by atoms with Gasteiger partial charge in [0.25, 0.3) is 0 Å². The van der Waals surface area contributed by atoms with Crippen molar-refractivity contribution in [3.63, 3.8) is 0 Å². The Morgan fingerprint density at radius 2 is 2.08 bits per heavy atom. The Balaban J connectivity index is 1.62. The van der Waals surface area contributed by atoms with E-state index >= 15 is 0 Å². The van der Waals surface area contributed by atoms with Crippen LogP contribution in [0.4, 0.5) is 0 Å². The lowest BCUT2D eigenvalue weighted by Gasteiger charge is -2.09. The smallest absolute Gasteiger partial charge is 0.191 e. The minimum Gasteiger partial charge on any atom is -0.357 e. The Labute approximate surface area is 151 Å². The fraction of sp³-hybridized carbons (Fsp3) is 0.278. The molecule has 130 valence electrons. The summed E-state index contributed by atoms with van der Waals surface area (Å²) in [4.78, 5) is 10.1. The number of thiazole rings is 1. The molecule has 0 radical (unpaired) electrons. The largest absolute Gasteiger partial charge is 0.357 e. The second kappa shape index (κ2) is 8.43. The molecule has 0 atom stereocenters. The van der Waals surface area contributed by atoms with E-state index in [1.165, 1.54) is 4.88 Å². The lowest BCUT2D eigenvalue weighted by Crippen LogP contribution is -2.36. The molecule has 3 rings (SSSR count). The summed E-state index contributed by atoms with van der Waals surface area (Å²) in [5, 5.41) is 11.6. The van der Waals surface area contributed by atoms with E-state index in [1.807, 2.05) is 49.5 Å². The lowest BCUT2D eigenvalue weighted by molar-refractivity contribution is 0.424. The van der Waals surface area contributed by atoms with E-state index in [2.05, 4.69) is 32.7 Å². The predicted molar refractivity (Wildman–Crippen MR) is 100 cm³/mol. The molecule has 0 spiro atoms. The molecule has 2 N–H and O–H groups in total. The summed E-state index contributed by atoms with van der Waals surface area (Å²) in [5.41, 5.74) is 1.80. The van der Waals surface area contributed by atoms with Crippen LogP contribution in [-0.2, 0) is 13.1 Å². The molecular weight excluding hydrogens is 334 g/mol. The number of aromatic nitrogens is 2. The maximum absolute atomic E-state index is 5.41. The number of nitrogens with zero attached hydrogens (tertiary/aromatic N) is 3. The molecule has 7 heteroatoms. The zero-order chi connectivity index (χ0) is 17.5. The monoisotopic (exact) mass is 355 g/mol. The van der Waals surface area contributed by atoms with Crippen molar-refractivity contribution in [1.82, 2.24) is 20.8 Å². The molecule has 0 saturated heterocycles. The first kappa shape index (κ1) is 17.2. The molecule has 0 aliphatic carbocycles. The van der Waals surface area contributed by atoms with Crippen molar-refractivity contribution in [2.24, 2.45) is 4.99 Å². The average molecular weight is 355 g/mol. The van der Waals surface area contributed by atoms with Gasteiger partial charge in [0.1, 0.15) is 10.7 Å². The van der Waals surface area contributed by atoms with Gasteiger partial charge in [0, 0.05) is 29.2 Å². The predicted octanol–water partition coefficient (Wildman–Crippen LogP) is 3.36. The van der Waals surface area contributed by atoms with E-state index in [1.54, 1.807) is 11.3 Å². The number of rotatable bonds is 6. The molecule has 25 heavy (non-hydrogen) atoms. The van der Waals surface area contributed by atoms with Crippen molar-refractivity contribution in [2.75, 3.05) is 6.54 Å². The number of hydrogen-bond donors (Lipinski definition) is 2. The van der Waals surface area contributed by atoms with Crippen LogP contribution in [0.3, 0.4) is 0 Å². The number of benzene rings is 1. The molecule has 0 saturated carbocycles. The summed E-state index contributed by atoms with van der Waals surface area (Å²) in [7, 11) is 0. The molecule has 0 unspecified atom stereocenters. The highest BCUT2D eigenvalue weighted by molar-refractivity contribution is 7.11. The van der Waals surface area contributed by atoms with E-state index in [9.17, 15) is 0 Å². The Hall–Kier alpha value is -2.67. The molecule has 0 aliphatic heterocycles. The first-order valence-electron chi connectivity index (χ1n) is 8.19. The highest BCUT2D eigenvalue weighted by Gasteiger charge is 2.07. The fourth-order valence-electron chi connectivity index (χ4n) is 2.27. The Morgan fingerprint density at radius 1 is 1.24 bits per heavy atom. The molecule has 0 fully saturated rings. The van der Waals surface area contributed by atoms with Crippen LogP contribution in [0.5, 0.6) is 0 Å². The number of nitrogens with one attached hydrogen (secondary N) is 2. The normalized spacial score (nSPS) is 11.5. The maximum atomic E-state index is 5.41. The second-order valence-electron chi connectivity index (χ2n) is 5.46. The molecule has 1 aromatic carbocycles. The highest BCUT2D eigenvalue weighted by Crippen LogP contribution is 2.19. The van der Waals surface area contributed by atoms with Gasteiger partial charge in [-0.3, -0.25) is 0 Å². The van der Waals surface area contributed by atoms with Crippen LogP contribution in [0.25, 0.3) is 11.3 Å². The molecule has 6 nitrogen and oxygen atoms in total. The first-order valence-corrected chi connectivity index (χ1v) is 9.00. The van der Waals surface area contributed by atoms with Crippen LogP contribution < -0.4 is 10.6 Å². The van der Waals surface area contributed by atoms with Gasteiger partial charge in [-0.25, -0.2) is 9.98 Å². The van der Waals surface area contributed by atoms with E-state index in [4.69, 9.17) is 4.52 Å². The van der Waals surface area contributed by atoms with E-state index in [-0.39, 0.29) is 0 Å². The highest BCUT2D eigenvalue weighted by atomic mass is 32.1. The van der Waals surface area contributed by atoms with Crippen molar-refractivity contribution >= 4 is 17.3 Å². The molecule has 2 aromatic heterocycles. The van der Waals surface area contributed by atoms with E-state index in [0.29, 0.717) is 13.1 Å². The summed E-state index contributed by atoms with van der Waals surface area (Å²) in [6, 6.07) is 11.8. The molecule has 0 aliphatic rings. The number of guanidine groups is 1.